The average molecular weight is 399 g/mol. The van der Waals surface area contributed by atoms with Gasteiger partial charge in [0.15, 0.2) is 0 Å². The van der Waals surface area contributed by atoms with E-state index in [4.69, 9.17) is 0 Å². The number of aromatic nitrogens is 3. The van der Waals surface area contributed by atoms with Crippen molar-refractivity contribution in [1.29, 1.82) is 0 Å². The van der Waals surface area contributed by atoms with E-state index in [9.17, 15) is 14.3 Å². The van der Waals surface area contributed by atoms with Gasteiger partial charge in [-0.15, -0.1) is 0 Å². The van der Waals surface area contributed by atoms with Crippen molar-refractivity contribution < 1.29 is 14.3 Å². The predicted molar refractivity (Wildman–Crippen MR) is 113 cm³/mol. The first-order valence-electron chi connectivity index (χ1n) is 9.30. The second-order valence-corrected chi connectivity index (χ2v) is 6.76. The minimum Gasteiger partial charge on any atom is -0.478 e. The molecular weight excluding hydrogens is 381 g/mol. The zero-order valence-electron chi connectivity index (χ0n) is 15.9. The zero-order chi connectivity index (χ0) is 20.9. The van der Waals surface area contributed by atoms with E-state index in [0.717, 1.165) is 22.3 Å². The van der Waals surface area contributed by atoms with Crippen LogP contribution in [0.25, 0.3) is 22.8 Å². The van der Waals surface area contributed by atoms with Crippen LogP contribution < -0.4 is 0 Å². The lowest BCUT2D eigenvalue weighted by Gasteiger charge is -2.11. The van der Waals surface area contributed by atoms with E-state index in [1.165, 1.54) is 12.1 Å². The molecule has 4 aromatic rings. The van der Waals surface area contributed by atoms with Crippen molar-refractivity contribution >= 4 is 17.6 Å². The van der Waals surface area contributed by atoms with Gasteiger partial charge in [-0.2, -0.15) is 0 Å². The Labute approximate surface area is 172 Å². The summed E-state index contributed by atoms with van der Waals surface area (Å²) in [5, 5.41) is 9.59. The molecule has 0 amide bonds. The van der Waals surface area contributed by atoms with Gasteiger partial charge in [-0.25, -0.2) is 14.2 Å². The van der Waals surface area contributed by atoms with Crippen LogP contribution >= 0.6 is 0 Å². The maximum absolute atomic E-state index is 13.4. The smallest absolute Gasteiger partial charge is 0.336 e. The number of halogens is 1. The van der Waals surface area contributed by atoms with E-state index in [1.54, 1.807) is 55.2 Å². The van der Waals surface area contributed by atoms with Crippen LogP contribution in [0.2, 0.25) is 0 Å². The Kier molecular flexibility index (Phi) is 5.48. The Morgan fingerprint density at radius 2 is 1.90 bits per heavy atom. The Morgan fingerprint density at radius 3 is 2.57 bits per heavy atom. The van der Waals surface area contributed by atoms with E-state index >= 15 is 0 Å². The number of allylic oxidation sites excluding steroid dienone is 1. The lowest BCUT2D eigenvalue weighted by Crippen LogP contribution is -2.01. The molecule has 30 heavy (non-hydrogen) atoms. The molecule has 2 aromatic heterocycles. The van der Waals surface area contributed by atoms with Gasteiger partial charge < -0.3 is 9.67 Å². The van der Waals surface area contributed by atoms with Crippen LogP contribution in [0.1, 0.15) is 21.5 Å². The minimum absolute atomic E-state index is 0.207. The summed E-state index contributed by atoms with van der Waals surface area (Å²) in [5.74, 6) is -1.30. The van der Waals surface area contributed by atoms with Crippen molar-refractivity contribution in [2.45, 2.75) is 6.54 Å². The lowest BCUT2D eigenvalue weighted by molar-refractivity contribution is 0.0697. The van der Waals surface area contributed by atoms with Crippen molar-refractivity contribution in [3.63, 3.8) is 0 Å². The predicted octanol–water partition coefficient (Wildman–Crippen LogP) is 5.02. The molecule has 0 saturated carbocycles. The van der Waals surface area contributed by atoms with Crippen molar-refractivity contribution in [3.05, 3.63) is 108 Å². The molecule has 0 spiro atoms. The van der Waals surface area contributed by atoms with Crippen molar-refractivity contribution in [1.82, 2.24) is 14.5 Å². The fourth-order valence-corrected chi connectivity index (χ4v) is 3.26. The van der Waals surface area contributed by atoms with E-state index in [2.05, 4.69) is 9.97 Å². The molecule has 0 radical (unpaired) electrons. The molecule has 1 N–H and O–H groups in total. The molecule has 148 valence electrons. The van der Waals surface area contributed by atoms with Crippen LogP contribution in [-0.2, 0) is 6.54 Å². The number of pyridine rings is 1. The van der Waals surface area contributed by atoms with Crippen LogP contribution in [0.3, 0.4) is 0 Å². The zero-order valence-corrected chi connectivity index (χ0v) is 15.9. The van der Waals surface area contributed by atoms with Gasteiger partial charge in [0, 0.05) is 36.9 Å². The quantitative estimate of drug-likeness (QED) is 0.462. The molecule has 0 aliphatic heterocycles. The largest absolute Gasteiger partial charge is 0.478 e. The number of carbonyl (C=O) groups is 1. The standard InChI is InChI=1S/C24H18FN3O2/c25-21-6-4-18(5-7-21)20(15-28-11-10-27-16-28)12-17-3-8-22(24(29)30)23(13-17)19-2-1-9-26-14-19/h1-14,16H,15H2,(H,29,30). The van der Waals surface area contributed by atoms with Gasteiger partial charge in [-0.05, 0) is 58.7 Å². The summed E-state index contributed by atoms with van der Waals surface area (Å²) in [4.78, 5) is 19.9. The summed E-state index contributed by atoms with van der Waals surface area (Å²) in [7, 11) is 0. The molecule has 6 heteroatoms. The Bertz CT molecular complexity index is 1190. The molecular formula is C24H18FN3O2. The van der Waals surface area contributed by atoms with Crippen LogP contribution in [0.5, 0.6) is 0 Å². The Hall–Kier alpha value is -4.06. The summed E-state index contributed by atoms with van der Waals surface area (Å²) in [5.41, 5.74) is 4.16. The van der Waals surface area contributed by atoms with Gasteiger partial charge in [0.25, 0.3) is 0 Å². The first-order valence-corrected chi connectivity index (χ1v) is 9.30. The number of hydrogen-bond acceptors (Lipinski definition) is 3. The third-order valence-corrected chi connectivity index (χ3v) is 4.71. The third kappa shape index (κ3) is 4.33. The normalized spacial score (nSPS) is 11.4. The molecule has 2 heterocycles. The maximum atomic E-state index is 13.4. The van der Waals surface area contributed by atoms with E-state index in [0.29, 0.717) is 12.1 Å². The summed E-state index contributed by atoms with van der Waals surface area (Å²) in [6, 6.07) is 15.1. The number of carboxylic acids is 1. The fourth-order valence-electron chi connectivity index (χ4n) is 3.26. The Balaban J connectivity index is 1.81. The Morgan fingerprint density at radius 1 is 1.07 bits per heavy atom. The van der Waals surface area contributed by atoms with Gasteiger partial charge in [0.2, 0.25) is 0 Å². The molecule has 0 aliphatic rings. The van der Waals surface area contributed by atoms with Crippen LogP contribution in [0.4, 0.5) is 4.39 Å². The molecule has 0 atom stereocenters. The maximum Gasteiger partial charge on any atom is 0.336 e. The number of rotatable bonds is 6. The SMILES string of the molecule is O=C(O)c1ccc(C=C(Cn2ccnc2)c2ccc(F)cc2)cc1-c1cccnc1. The summed E-state index contributed by atoms with van der Waals surface area (Å²) < 4.78 is 15.3. The summed E-state index contributed by atoms with van der Waals surface area (Å²) >= 11 is 0. The van der Waals surface area contributed by atoms with Gasteiger partial charge in [-0.3, -0.25) is 4.98 Å². The topological polar surface area (TPSA) is 68.0 Å². The van der Waals surface area contributed by atoms with Crippen molar-refractivity contribution in [3.8, 4) is 11.1 Å². The number of nitrogens with zero attached hydrogens (tertiary/aromatic N) is 3. The number of imidazole rings is 1. The van der Waals surface area contributed by atoms with Gasteiger partial charge in [0.05, 0.1) is 11.9 Å². The van der Waals surface area contributed by atoms with E-state index < -0.39 is 5.97 Å². The first-order chi connectivity index (χ1) is 14.6. The molecule has 4 rings (SSSR count). The third-order valence-electron chi connectivity index (χ3n) is 4.71. The summed E-state index contributed by atoms with van der Waals surface area (Å²) in [6.45, 7) is 0.536. The molecule has 2 aromatic carbocycles. The number of benzene rings is 2. The molecule has 0 fully saturated rings. The van der Waals surface area contributed by atoms with Gasteiger partial charge >= 0.3 is 5.97 Å². The van der Waals surface area contributed by atoms with Crippen molar-refractivity contribution in [2.75, 3.05) is 0 Å². The average Bonchev–Trinajstić information content (AvgIpc) is 3.27. The van der Waals surface area contributed by atoms with Gasteiger partial charge in [0.1, 0.15) is 5.82 Å². The second kappa shape index (κ2) is 8.53. The monoisotopic (exact) mass is 399 g/mol. The van der Waals surface area contributed by atoms with Gasteiger partial charge in [-0.1, -0.05) is 24.3 Å². The molecule has 0 aliphatic carbocycles. The highest BCUT2D eigenvalue weighted by atomic mass is 19.1. The lowest BCUT2D eigenvalue weighted by atomic mass is 9.96. The van der Waals surface area contributed by atoms with E-state index in [-0.39, 0.29) is 11.4 Å². The van der Waals surface area contributed by atoms with Crippen LogP contribution in [0.15, 0.2) is 85.7 Å². The second-order valence-electron chi connectivity index (χ2n) is 6.76. The molecule has 0 bridgehead atoms. The minimum atomic E-state index is -0.999. The van der Waals surface area contributed by atoms with E-state index in [1.807, 2.05) is 29.0 Å². The summed E-state index contributed by atoms with van der Waals surface area (Å²) in [6.07, 6.45) is 10.5. The molecule has 5 nitrogen and oxygen atoms in total. The van der Waals surface area contributed by atoms with Crippen LogP contribution in [0, 0.1) is 5.82 Å². The van der Waals surface area contributed by atoms with Crippen molar-refractivity contribution in [2.24, 2.45) is 0 Å². The number of hydrogen-bond donors (Lipinski definition) is 1. The fraction of sp³-hybridized carbons (Fsp3) is 0.0417. The first kappa shape index (κ1) is 19.3. The molecule has 0 saturated heterocycles. The number of aromatic carboxylic acids is 1. The number of carboxylic acid groups (broad SMARTS) is 1. The highest BCUT2D eigenvalue weighted by Gasteiger charge is 2.13. The highest BCUT2D eigenvalue weighted by Crippen LogP contribution is 2.27. The van der Waals surface area contributed by atoms with Crippen LogP contribution in [-0.4, -0.2) is 25.6 Å². The highest BCUT2D eigenvalue weighted by molar-refractivity contribution is 5.97. The molecule has 0 unspecified atom stereocenters.